The fraction of sp³-hybridized carbons (Fsp3) is 0.364. The van der Waals surface area contributed by atoms with Crippen LogP contribution in [-0.4, -0.2) is 56.6 Å². The molecule has 0 saturated carbocycles. The lowest BCUT2D eigenvalue weighted by molar-refractivity contribution is -0.130. The molecular weight excluding hydrogens is 418 g/mol. The standard InChI is InChI=1S/C22H25N3O3S2/c1-15-4-5-16(2)17(12-15)13-21(26)24-8-10-25(11-9-24)22-23-19-7-6-18(30(3,27)28)14-20(19)29-22/h4-7,12,14H,8-11,13H2,1-3H3. The molecule has 2 heterocycles. The first-order chi connectivity index (χ1) is 14.2. The van der Waals surface area contributed by atoms with Gasteiger partial charge >= 0.3 is 0 Å². The highest BCUT2D eigenvalue weighted by Crippen LogP contribution is 2.31. The van der Waals surface area contributed by atoms with Crippen LogP contribution in [0.1, 0.15) is 16.7 Å². The first-order valence-corrected chi connectivity index (χ1v) is 12.6. The van der Waals surface area contributed by atoms with E-state index in [1.54, 1.807) is 18.2 Å². The summed E-state index contributed by atoms with van der Waals surface area (Å²) in [5.74, 6) is 0.158. The van der Waals surface area contributed by atoms with Gasteiger partial charge in [0, 0.05) is 32.4 Å². The van der Waals surface area contributed by atoms with E-state index in [9.17, 15) is 13.2 Å². The predicted octanol–water partition coefficient (Wildman–Crippen LogP) is 3.21. The highest BCUT2D eigenvalue weighted by Gasteiger charge is 2.24. The van der Waals surface area contributed by atoms with Gasteiger partial charge in [-0.3, -0.25) is 4.79 Å². The number of aromatic nitrogens is 1. The van der Waals surface area contributed by atoms with Gasteiger partial charge in [-0.05, 0) is 43.2 Å². The van der Waals surface area contributed by atoms with E-state index in [1.165, 1.54) is 23.2 Å². The van der Waals surface area contributed by atoms with Crippen molar-refractivity contribution in [3.63, 3.8) is 0 Å². The summed E-state index contributed by atoms with van der Waals surface area (Å²) >= 11 is 1.50. The number of thiazole rings is 1. The highest BCUT2D eigenvalue weighted by molar-refractivity contribution is 7.90. The number of amides is 1. The lowest BCUT2D eigenvalue weighted by Crippen LogP contribution is -2.49. The number of carbonyl (C=O) groups is 1. The van der Waals surface area contributed by atoms with Gasteiger partial charge in [-0.25, -0.2) is 13.4 Å². The van der Waals surface area contributed by atoms with Crippen molar-refractivity contribution in [1.82, 2.24) is 9.88 Å². The number of hydrogen-bond donors (Lipinski definition) is 0. The van der Waals surface area contributed by atoms with Gasteiger partial charge < -0.3 is 9.80 Å². The lowest BCUT2D eigenvalue weighted by Gasteiger charge is -2.34. The first-order valence-electron chi connectivity index (χ1n) is 9.90. The zero-order chi connectivity index (χ0) is 21.5. The van der Waals surface area contributed by atoms with E-state index in [0.717, 1.165) is 39.6 Å². The van der Waals surface area contributed by atoms with Gasteiger partial charge in [0.1, 0.15) is 0 Å². The zero-order valence-electron chi connectivity index (χ0n) is 17.4. The van der Waals surface area contributed by atoms with Crippen LogP contribution < -0.4 is 4.90 Å². The lowest BCUT2D eigenvalue weighted by atomic mass is 10.0. The molecule has 0 atom stereocenters. The van der Waals surface area contributed by atoms with Crippen molar-refractivity contribution < 1.29 is 13.2 Å². The molecule has 1 aromatic heterocycles. The molecule has 0 N–H and O–H groups in total. The van der Waals surface area contributed by atoms with Crippen LogP contribution in [-0.2, 0) is 21.1 Å². The summed E-state index contributed by atoms with van der Waals surface area (Å²) in [5, 5.41) is 0.872. The molecule has 1 fully saturated rings. The van der Waals surface area contributed by atoms with Gasteiger partial charge in [0.05, 0.1) is 21.5 Å². The third-order valence-corrected chi connectivity index (χ3v) is 7.72. The summed E-state index contributed by atoms with van der Waals surface area (Å²) in [4.78, 5) is 21.9. The number of hydrogen-bond acceptors (Lipinski definition) is 6. The summed E-state index contributed by atoms with van der Waals surface area (Å²) in [6, 6.07) is 11.3. The van der Waals surface area contributed by atoms with Crippen molar-refractivity contribution in [3.8, 4) is 0 Å². The topological polar surface area (TPSA) is 70.6 Å². The van der Waals surface area contributed by atoms with Crippen molar-refractivity contribution in [2.45, 2.75) is 25.2 Å². The second-order valence-corrected chi connectivity index (χ2v) is 10.9. The third-order valence-electron chi connectivity index (χ3n) is 5.53. The zero-order valence-corrected chi connectivity index (χ0v) is 19.0. The minimum absolute atomic E-state index is 0.158. The fourth-order valence-corrected chi connectivity index (χ4v) is 5.45. The largest absolute Gasteiger partial charge is 0.345 e. The molecule has 6 nitrogen and oxygen atoms in total. The molecule has 0 bridgehead atoms. The van der Waals surface area contributed by atoms with Gasteiger partial charge in [0.2, 0.25) is 5.91 Å². The van der Waals surface area contributed by atoms with E-state index in [1.807, 2.05) is 18.7 Å². The summed E-state index contributed by atoms with van der Waals surface area (Å²) in [5.41, 5.74) is 4.21. The molecule has 1 aliphatic heterocycles. The number of nitrogens with zero attached hydrogens (tertiary/aromatic N) is 3. The smallest absolute Gasteiger partial charge is 0.227 e. The molecule has 0 aliphatic carbocycles. The molecule has 0 radical (unpaired) electrons. The molecule has 30 heavy (non-hydrogen) atoms. The van der Waals surface area contributed by atoms with Crippen LogP contribution in [0.2, 0.25) is 0 Å². The first kappa shape index (κ1) is 20.8. The van der Waals surface area contributed by atoms with E-state index >= 15 is 0 Å². The van der Waals surface area contributed by atoms with Crippen LogP contribution in [0.5, 0.6) is 0 Å². The Labute approximate surface area is 181 Å². The van der Waals surface area contributed by atoms with Crippen molar-refractivity contribution in [1.29, 1.82) is 0 Å². The van der Waals surface area contributed by atoms with Crippen molar-refractivity contribution >= 4 is 42.4 Å². The fourth-order valence-electron chi connectivity index (χ4n) is 3.67. The molecular formula is C22H25N3O3S2. The average molecular weight is 444 g/mol. The normalized spacial score (nSPS) is 15.0. The van der Waals surface area contributed by atoms with Gasteiger partial charge in [-0.15, -0.1) is 0 Å². The van der Waals surface area contributed by atoms with Crippen LogP contribution in [0.4, 0.5) is 5.13 Å². The maximum Gasteiger partial charge on any atom is 0.227 e. The van der Waals surface area contributed by atoms with Gasteiger partial charge in [0.25, 0.3) is 0 Å². The molecule has 3 aromatic rings. The van der Waals surface area contributed by atoms with E-state index in [2.05, 4.69) is 28.1 Å². The van der Waals surface area contributed by atoms with Crippen LogP contribution in [0.15, 0.2) is 41.3 Å². The second-order valence-electron chi connectivity index (χ2n) is 7.87. The minimum Gasteiger partial charge on any atom is -0.345 e. The maximum atomic E-state index is 12.8. The summed E-state index contributed by atoms with van der Waals surface area (Å²) in [6.07, 6.45) is 1.65. The van der Waals surface area contributed by atoms with Crippen LogP contribution in [0.25, 0.3) is 10.2 Å². The Kier molecular flexibility index (Phi) is 5.55. The monoisotopic (exact) mass is 443 g/mol. The SMILES string of the molecule is Cc1ccc(C)c(CC(=O)N2CCN(c3nc4ccc(S(C)(=O)=O)cc4s3)CC2)c1. The summed E-state index contributed by atoms with van der Waals surface area (Å²) in [7, 11) is -3.24. The molecule has 0 unspecified atom stereocenters. The number of fused-ring (bicyclic) bond motifs is 1. The number of aryl methyl sites for hydroxylation is 2. The molecule has 8 heteroatoms. The molecule has 4 rings (SSSR count). The number of sulfone groups is 1. The van der Waals surface area contributed by atoms with Crippen LogP contribution >= 0.6 is 11.3 Å². The Morgan fingerprint density at radius 1 is 1.07 bits per heavy atom. The van der Waals surface area contributed by atoms with Gasteiger partial charge in [-0.2, -0.15) is 0 Å². The Balaban J connectivity index is 1.43. The Morgan fingerprint density at radius 3 is 2.50 bits per heavy atom. The molecule has 1 saturated heterocycles. The van der Waals surface area contributed by atoms with Crippen LogP contribution in [0, 0.1) is 13.8 Å². The quantitative estimate of drug-likeness (QED) is 0.619. The van der Waals surface area contributed by atoms with Gasteiger partial charge in [0.15, 0.2) is 15.0 Å². The number of benzene rings is 2. The summed E-state index contributed by atoms with van der Waals surface area (Å²) < 4.78 is 24.4. The Morgan fingerprint density at radius 2 is 1.80 bits per heavy atom. The van der Waals surface area contributed by atoms with Crippen molar-refractivity contribution in [2.24, 2.45) is 0 Å². The maximum absolute atomic E-state index is 12.8. The number of piperazine rings is 1. The highest BCUT2D eigenvalue weighted by atomic mass is 32.2. The second kappa shape index (κ2) is 8.00. The Hall–Kier alpha value is -2.45. The van der Waals surface area contributed by atoms with Gasteiger partial charge in [-0.1, -0.05) is 35.1 Å². The van der Waals surface area contributed by atoms with E-state index in [0.29, 0.717) is 24.4 Å². The van der Waals surface area contributed by atoms with E-state index in [4.69, 9.17) is 0 Å². The van der Waals surface area contributed by atoms with Crippen LogP contribution in [0.3, 0.4) is 0 Å². The van der Waals surface area contributed by atoms with E-state index in [-0.39, 0.29) is 5.91 Å². The predicted molar refractivity (Wildman–Crippen MR) is 121 cm³/mol. The summed E-state index contributed by atoms with van der Waals surface area (Å²) in [6.45, 7) is 6.85. The molecule has 158 valence electrons. The number of carbonyl (C=O) groups excluding carboxylic acids is 1. The van der Waals surface area contributed by atoms with Crippen molar-refractivity contribution in [2.75, 3.05) is 37.3 Å². The molecule has 1 amide bonds. The number of anilines is 1. The third kappa shape index (κ3) is 4.34. The molecule has 2 aromatic carbocycles. The minimum atomic E-state index is -3.24. The Bertz CT molecular complexity index is 1210. The molecule has 1 aliphatic rings. The number of rotatable bonds is 4. The average Bonchev–Trinajstić information content (AvgIpc) is 3.13. The molecule has 0 spiro atoms. The van der Waals surface area contributed by atoms with E-state index < -0.39 is 9.84 Å². The van der Waals surface area contributed by atoms with Crippen molar-refractivity contribution in [3.05, 3.63) is 53.1 Å².